The number of halogens is 1. The van der Waals surface area contributed by atoms with Crippen LogP contribution in [0.25, 0.3) is 0 Å². The number of rotatable bonds is 4. The van der Waals surface area contributed by atoms with Crippen molar-refractivity contribution in [2.75, 3.05) is 13.7 Å². The number of hydrogen-bond donors (Lipinski definition) is 1. The van der Waals surface area contributed by atoms with E-state index >= 15 is 0 Å². The molecule has 0 saturated carbocycles. The average Bonchev–Trinajstić information content (AvgIpc) is 2.82. The molecule has 1 aliphatic rings. The summed E-state index contributed by atoms with van der Waals surface area (Å²) in [6.07, 6.45) is 1.43. The highest BCUT2D eigenvalue weighted by molar-refractivity contribution is 9.10. The van der Waals surface area contributed by atoms with Crippen LogP contribution >= 0.6 is 27.3 Å². The fourth-order valence-electron chi connectivity index (χ4n) is 1.86. The molecule has 5 heteroatoms. The summed E-state index contributed by atoms with van der Waals surface area (Å²) in [5.74, 6) is 0. The number of hydrogen-bond acceptors (Lipinski definition) is 4. The second kappa shape index (κ2) is 5.49. The van der Waals surface area contributed by atoms with Crippen LogP contribution in [0.3, 0.4) is 0 Å². The lowest BCUT2D eigenvalue weighted by Gasteiger charge is -2.14. The van der Waals surface area contributed by atoms with Gasteiger partial charge >= 0.3 is 0 Å². The first-order chi connectivity index (χ1) is 7.70. The Balaban J connectivity index is 1.89. The van der Waals surface area contributed by atoms with Crippen molar-refractivity contribution < 1.29 is 9.47 Å². The summed E-state index contributed by atoms with van der Waals surface area (Å²) >= 11 is 5.15. The lowest BCUT2D eigenvalue weighted by atomic mass is 10.1. The monoisotopic (exact) mass is 305 g/mol. The molecule has 2 atom stereocenters. The van der Waals surface area contributed by atoms with Crippen molar-refractivity contribution in [1.82, 2.24) is 5.32 Å². The van der Waals surface area contributed by atoms with E-state index in [-0.39, 0.29) is 0 Å². The van der Waals surface area contributed by atoms with Gasteiger partial charge in [0.1, 0.15) is 0 Å². The minimum Gasteiger partial charge on any atom is -0.486 e. The Labute approximate surface area is 108 Å². The number of nitrogens with one attached hydrogen (secondary N) is 1. The van der Waals surface area contributed by atoms with E-state index in [9.17, 15) is 0 Å². The van der Waals surface area contributed by atoms with E-state index in [1.807, 2.05) is 0 Å². The van der Waals surface area contributed by atoms with E-state index in [4.69, 9.17) is 9.47 Å². The minimum absolute atomic E-state index is 0.324. The van der Waals surface area contributed by atoms with Crippen molar-refractivity contribution in [3.8, 4) is 5.06 Å². The Hall–Kier alpha value is -0.100. The highest BCUT2D eigenvalue weighted by atomic mass is 79.9. The van der Waals surface area contributed by atoms with Crippen molar-refractivity contribution in [2.45, 2.75) is 32.0 Å². The quantitative estimate of drug-likeness (QED) is 0.928. The van der Waals surface area contributed by atoms with Crippen molar-refractivity contribution in [1.29, 1.82) is 0 Å². The summed E-state index contributed by atoms with van der Waals surface area (Å²) in [7, 11) is 1.70. The summed E-state index contributed by atoms with van der Waals surface area (Å²) < 4.78 is 11.8. The number of ether oxygens (including phenoxy) is 2. The lowest BCUT2D eigenvalue weighted by molar-refractivity contribution is 0.113. The molecule has 90 valence electrons. The number of methoxy groups -OCH3 is 1. The molecule has 1 saturated heterocycles. The molecule has 1 fully saturated rings. The van der Waals surface area contributed by atoms with Crippen molar-refractivity contribution >= 4 is 27.3 Å². The zero-order valence-corrected chi connectivity index (χ0v) is 11.9. The Morgan fingerprint density at radius 1 is 1.69 bits per heavy atom. The van der Waals surface area contributed by atoms with E-state index in [0.717, 1.165) is 29.1 Å². The zero-order valence-electron chi connectivity index (χ0n) is 9.46. The molecule has 1 aliphatic heterocycles. The third-order valence-electron chi connectivity index (χ3n) is 2.81. The van der Waals surface area contributed by atoms with Crippen molar-refractivity contribution in [2.24, 2.45) is 0 Å². The van der Waals surface area contributed by atoms with Gasteiger partial charge in [0, 0.05) is 24.1 Å². The summed E-state index contributed by atoms with van der Waals surface area (Å²) in [5, 5.41) is 4.46. The fraction of sp³-hybridized carbons (Fsp3) is 0.636. The topological polar surface area (TPSA) is 30.5 Å². The molecule has 0 spiro atoms. The van der Waals surface area contributed by atoms with E-state index in [2.05, 4.69) is 34.2 Å². The maximum Gasteiger partial charge on any atom is 0.188 e. The van der Waals surface area contributed by atoms with Crippen LogP contribution in [0.2, 0.25) is 0 Å². The van der Waals surface area contributed by atoms with Crippen LogP contribution in [0.5, 0.6) is 5.06 Å². The van der Waals surface area contributed by atoms with Crippen LogP contribution in [0.15, 0.2) is 10.5 Å². The maximum absolute atomic E-state index is 5.51. The van der Waals surface area contributed by atoms with Crippen molar-refractivity contribution in [3.63, 3.8) is 0 Å². The van der Waals surface area contributed by atoms with Crippen LogP contribution in [-0.4, -0.2) is 25.9 Å². The fourth-order valence-corrected chi connectivity index (χ4v) is 3.50. The summed E-state index contributed by atoms with van der Waals surface area (Å²) in [6, 6.07) is 2.59. The Kier molecular flexibility index (Phi) is 4.24. The molecule has 0 aliphatic carbocycles. The molecule has 1 N–H and O–H groups in total. The third-order valence-corrected chi connectivity index (χ3v) is 4.75. The first-order valence-corrected chi connectivity index (χ1v) is 6.99. The smallest absolute Gasteiger partial charge is 0.188 e. The first-order valence-electron chi connectivity index (χ1n) is 5.38. The van der Waals surface area contributed by atoms with Gasteiger partial charge in [-0.05, 0) is 35.3 Å². The molecule has 0 bridgehead atoms. The third kappa shape index (κ3) is 2.77. The summed E-state index contributed by atoms with van der Waals surface area (Å²) in [6.45, 7) is 3.87. The van der Waals surface area contributed by atoms with Crippen LogP contribution in [-0.2, 0) is 11.3 Å². The Bertz CT molecular complexity index is 356. The van der Waals surface area contributed by atoms with E-state index in [1.54, 1.807) is 18.4 Å². The zero-order chi connectivity index (χ0) is 11.5. The van der Waals surface area contributed by atoms with Crippen molar-refractivity contribution in [3.05, 3.63) is 15.4 Å². The predicted molar refractivity (Wildman–Crippen MR) is 69.2 cm³/mol. The highest BCUT2D eigenvalue weighted by Crippen LogP contribution is 2.34. The predicted octanol–water partition coefficient (Wildman–Crippen LogP) is 2.79. The van der Waals surface area contributed by atoms with Crippen LogP contribution < -0.4 is 10.1 Å². The van der Waals surface area contributed by atoms with Gasteiger partial charge in [0.2, 0.25) is 0 Å². The van der Waals surface area contributed by atoms with E-state index in [0.29, 0.717) is 12.1 Å². The molecule has 0 radical (unpaired) electrons. The molecular formula is C11H16BrNO2S. The molecule has 0 amide bonds. The number of thiophene rings is 1. The molecule has 3 nitrogen and oxygen atoms in total. The van der Waals surface area contributed by atoms with Gasteiger partial charge in [0.15, 0.2) is 5.06 Å². The summed E-state index contributed by atoms with van der Waals surface area (Å²) in [5.41, 5.74) is 0. The largest absolute Gasteiger partial charge is 0.486 e. The van der Waals surface area contributed by atoms with Crippen LogP contribution in [0, 0.1) is 0 Å². The standard InChI is InChI=1S/C11H16BrNO2S/c1-7-10(3-4-15-7)13-6-8-5-9(12)11(14-2)16-8/h5,7,10,13H,3-4,6H2,1-2H3. The highest BCUT2D eigenvalue weighted by Gasteiger charge is 2.23. The first kappa shape index (κ1) is 12.4. The van der Waals surface area contributed by atoms with Gasteiger partial charge in [-0.15, -0.1) is 11.3 Å². The van der Waals surface area contributed by atoms with Crippen LogP contribution in [0.4, 0.5) is 0 Å². The molecule has 2 heterocycles. The molecule has 0 aromatic carbocycles. The van der Waals surface area contributed by atoms with E-state index in [1.165, 1.54) is 4.88 Å². The van der Waals surface area contributed by atoms with Gasteiger partial charge < -0.3 is 14.8 Å². The molecule has 1 aromatic heterocycles. The molecule has 2 rings (SSSR count). The maximum atomic E-state index is 5.51. The van der Waals surface area contributed by atoms with Gasteiger partial charge in [-0.3, -0.25) is 0 Å². The second-order valence-electron chi connectivity index (χ2n) is 3.90. The molecule has 16 heavy (non-hydrogen) atoms. The SMILES string of the molecule is COc1sc(CNC2CCOC2C)cc1Br. The molecular weight excluding hydrogens is 290 g/mol. The van der Waals surface area contributed by atoms with Gasteiger partial charge in [0.05, 0.1) is 17.7 Å². The molecule has 2 unspecified atom stereocenters. The van der Waals surface area contributed by atoms with Gasteiger partial charge in [0.25, 0.3) is 0 Å². The van der Waals surface area contributed by atoms with Crippen LogP contribution in [0.1, 0.15) is 18.2 Å². The minimum atomic E-state index is 0.324. The van der Waals surface area contributed by atoms with Gasteiger partial charge in [-0.1, -0.05) is 0 Å². The Morgan fingerprint density at radius 3 is 3.06 bits per heavy atom. The van der Waals surface area contributed by atoms with E-state index < -0.39 is 0 Å². The normalized spacial score (nSPS) is 24.9. The van der Waals surface area contributed by atoms with Gasteiger partial charge in [-0.2, -0.15) is 0 Å². The second-order valence-corrected chi connectivity index (χ2v) is 5.86. The Morgan fingerprint density at radius 2 is 2.50 bits per heavy atom. The average molecular weight is 306 g/mol. The molecule has 1 aromatic rings. The lowest BCUT2D eigenvalue weighted by Crippen LogP contribution is -2.33. The summed E-state index contributed by atoms with van der Waals surface area (Å²) in [4.78, 5) is 1.28. The van der Waals surface area contributed by atoms with Gasteiger partial charge in [-0.25, -0.2) is 0 Å².